The van der Waals surface area contributed by atoms with Gasteiger partial charge in [-0.1, -0.05) is 6.42 Å². The molecule has 1 spiro atoms. The van der Waals surface area contributed by atoms with Crippen LogP contribution in [0, 0.1) is 19.3 Å². The number of likely N-dealkylation sites (tertiary alicyclic amines) is 2. The molecule has 2 aliphatic heterocycles. The molecule has 3 fully saturated rings. The predicted octanol–water partition coefficient (Wildman–Crippen LogP) is 2.82. The number of carbonyl (C=O) groups is 1. The molecule has 1 aliphatic carbocycles. The smallest absolute Gasteiger partial charge is 0.248 e. The van der Waals surface area contributed by atoms with Crippen molar-refractivity contribution in [2.75, 3.05) is 60.1 Å². The maximum absolute atomic E-state index is 13.1. The Kier molecular flexibility index (Phi) is 8.10. The quantitative estimate of drug-likeness (QED) is 0.479. The molecule has 3 aliphatic rings. The second-order valence-corrected chi connectivity index (χ2v) is 12.6. The topological polar surface area (TPSA) is 79.4 Å². The van der Waals surface area contributed by atoms with Gasteiger partial charge in [0.15, 0.2) is 0 Å². The average Bonchev–Trinajstić information content (AvgIpc) is 3.17. The van der Waals surface area contributed by atoms with E-state index in [1.165, 1.54) is 43.1 Å². The highest BCUT2D eigenvalue weighted by molar-refractivity contribution is 7.89. The van der Waals surface area contributed by atoms with Crippen molar-refractivity contribution in [2.45, 2.75) is 63.3 Å². The standard InChI is InChI=1S/C26H41N3O5S/c1-20-16-23(33-4)17-21(2)25(20)35(31,32)27(3)14-15-34-18-24(30)28-11-8-26(9-12-28)10-13-29(19-26)22-6-5-7-22/h16-17,22H,5-15,18-19H2,1-4H3. The molecule has 35 heavy (non-hydrogen) atoms. The number of carbonyl (C=O) groups excluding carboxylic acids is 1. The lowest BCUT2D eigenvalue weighted by Gasteiger charge is -2.41. The molecular weight excluding hydrogens is 466 g/mol. The Balaban J connectivity index is 1.20. The summed E-state index contributed by atoms with van der Waals surface area (Å²) in [6.07, 6.45) is 7.49. The first-order valence-corrected chi connectivity index (χ1v) is 14.3. The number of hydrogen-bond acceptors (Lipinski definition) is 6. The van der Waals surface area contributed by atoms with Gasteiger partial charge in [-0.15, -0.1) is 0 Å². The van der Waals surface area contributed by atoms with E-state index in [1.807, 2.05) is 4.90 Å². The number of methoxy groups -OCH3 is 1. The van der Waals surface area contributed by atoms with Crippen molar-refractivity contribution in [1.29, 1.82) is 0 Å². The average molecular weight is 508 g/mol. The number of nitrogens with zero attached hydrogens (tertiary/aromatic N) is 3. The molecule has 196 valence electrons. The lowest BCUT2D eigenvalue weighted by Crippen LogP contribution is -2.46. The Labute approximate surface area is 210 Å². The van der Waals surface area contributed by atoms with Gasteiger partial charge < -0.3 is 14.4 Å². The highest BCUT2D eigenvalue weighted by Crippen LogP contribution is 2.43. The summed E-state index contributed by atoms with van der Waals surface area (Å²) in [5.41, 5.74) is 1.68. The van der Waals surface area contributed by atoms with Crippen LogP contribution in [-0.4, -0.2) is 94.6 Å². The lowest BCUT2D eigenvalue weighted by atomic mass is 9.77. The summed E-state index contributed by atoms with van der Waals surface area (Å²) < 4.78 is 38.4. The second kappa shape index (κ2) is 10.7. The van der Waals surface area contributed by atoms with Gasteiger partial charge in [-0.25, -0.2) is 8.42 Å². The van der Waals surface area contributed by atoms with Gasteiger partial charge in [0.2, 0.25) is 15.9 Å². The van der Waals surface area contributed by atoms with Gasteiger partial charge in [-0.2, -0.15) is 4.31 Å². The van der Waals surface area contributed by atoms with Crippen molar-refractivity contribution in [3.63, 3.8) is 0 Å². The molecule has 2 heterocycles. The minimum absolute atomic E-state index is 0.000972. The third-order valence-corrected chi connectivity index (χ3v) is 10.5. The molecule has 0 radical (unpaired) electrons. The van der Waals surface area contributed by atoms with Crippen molar-refractivity contribution in [3.8, 4) is 5.75 Å². The molecule has 0 atom stereocenters. The minimum Gasteiger partial charge on any atom is -0.497 e. The maximum atomic E-state index is 13.1. The molecule has 1 aromatic rings. The van der Waals surface area contributed by atoms with Crippen LogP contribution in [0.2, 0.25) is 0 Å². The fourth-order valence-electron chi connectivity index (χ4n) is 5.83. The molecule has 0 bridgehead atoms. The number of rotatable bonds is 9. The van der Waals surface area contributed by atoms with Gasteiger partial charge in [-0.05, 0) is 81.2 Å². The Hall–Kier alpha value is -1.68. The van der Waals surface area contributed by atoms with E-state index >= 15 is 0 Å². The van der Waals surface area contributed by atoms with Crippen LogP contribution >= 0.6 is 0 Å². The zero-order chi connectivity index (χ0) is 25.2. The molecular formula is C26H41N3O5S. The predicted molar refractivity (Wildman–Crippen MR) is 135 cm³/mol. The van der Waals surface area contributed by atoms with Gasteiger partial charge >= 0.3 is 0 Å². The highest BCUT2D eigenvalue weighted by atomic mass is 32.2. The number of piperidine rings is 1. The fourth-order valence-corrected chi connectivity index (χ4v) is 7.39. The SMILES string of the molecule is COc1cc(C)c(S(=O)(=O)N(C)CCOCC(=O)N2CCC3(CC2)CCN(C2CCC2)C3)c(C)c1. The van der Waals surface area contributed by atoms with Crippen LogP contribution in [0.3, 0.4) is 0 Å². The number of ether oxygens (including phenoxy) is 2. The molecule has 8 nitrogen and oxygen atoms in total. The molecule has 0 aromatic heterocycles. The van der Waals surface area contributed by atoms with Crippen LogP contribution in [0.25, 0.3) is 0 Å². The zero-order valence-corrected chi connectivity index (χ0v) is 22.5. The molecule has 1 saturated carbocycles. The van der Waals surface area contributed by atoms with E-state index in [-0.39, 0.29) is 25.7 Å². The zero-order valence-electron chi connectivity index (χ0n) is 21.7. The van der Waals surface area contributed by atoms with E-state index in [0.29, 0.717) is 27.2 Å². The molecule has 0 unspecified atom stereocenters. The van der Waals surface area contributed by atoms with Gasteiger partial charge in [0.1, 0.15) is 12.4 Å². The molecule has 1 aromatic carbocycles. The Morgan fingerprint density at radius 2 is 1.74 bits per heavy atom. The molecule has 2 saturated heterocycles. The molecule has 1 amide bonds. The van der Waals surface area contributed by atoms with Gasteiger partial charge in [0.05, 0.1) is 18.6 Å². The number of amides is 1. The van der Waals surface area contributed by atoms with Gasteiger partial charge in [0.25, 0.3) is 0 Å². The number of likely N-dealkylation sites (N-methyl/N-ethyl adjacent to an activating group) is 1. The Morgan fingerprint density at radius 1 is 1.11 bits per heavy atom. The van der Waals surface area contributed by atoms with Crippen LogP contribution < -0.4 is 4.74 Å². The van der Waals surface area contributed by atoms with E-state index in [9.17, 15) is 13.2 Å². The summed E-state index contributed by atoms with van der Waals surface area (Å²) in [6, 6.07) is 4.26. The normalized spacial score (nSPS) is 21.0. The van der Waals surface area contributed by atoms with E-state index in [2.05, 4.69) is 4.90 Å². The van der Waals surface area contributed by atoms with Gasteiger partial charge in [0, 0.05) is 39.3 Å². The number of sulfonamides is 1. The maximum Gasteiger partial charge on any atom is 0.248 e. The van der Waals surface area contributed by atoms with Crippen LogP contribution in [0.15, 0.2) is 17.0 Å². The third kappa shape index (κ3) is 5.68. The van der Waals surface area contributed by atoms with Crippen LogP contribution in [-0.2, 0) is 19.6 Å². The van der Waals surface area contributed by atoms with E-state index in [4.69, 9.17) is 9.47 Å². The monoisotopic (exact) mass is 507 g/mol. The number of aryl methyl sites for hydroxylation is 2. The van der Waals surface area contributed by atoms with Crippen molar-refractivity contribution >= 4 is 15.9 Å². The Bertz CT molecular complexity index is 993. The van der Waals surface area contributed by atoms with E-state index in [1.54, 1.807) is 40.1 Å². The van der Waals surface area contributed by atoms with Crippen LogP contribution in [0.5, 0.6) is 5.75 Å². The van der Waals surface area contributed by atoms with Crippen molar-refractivity contribution in [1.82, 2.24) is 14.1 Å². The molecule has 4 rings (SSSR count). The summed E-state index contributed by atoms with van der Waals surface area (Å²) >= 11 is 0. The van der Waals surface area contributed by atoms with Crippen molar-refractivity contribution in [2.24, 2.45) is 5.41 Å². The molecule has 0 N–H and O–H groups in total. The largest absolute Gasteiger partial charge is 0.497 e. The van der Waals surface area contributed by atoms with Crippen LogP contribution in [0.1, 0.15) is 49.7 Å². The van der Waals surface area contributed by atoms with Gasteiger partial charge in [-0.3, -0.25) is 9.69 Å². The van der Waals surface area contributed by atoms with E-state index in [0.717, 1.165) is 32.0 Å². The third-order valence-electron chi connectivity index (χ3n) is 8.35. The number of hydrogen-bond donors (Lipinski definition) is 0. The summed E-state index contributed by atoms with van der Waals surface area (Å²) in [5, 5.41) is 0. The minimum atomic E-state index is -3.67. The summed E-state index contributed by atoms with van der Waals surface area (Å²) in [4.78, 5) is 17.6. The van der Waals surface area contributed by atoms with Crippen molar-refractivity contribution < 1.29 is 22.7 Å². The first kappa shape index (κ1) is 26.4. The summed E-state index contributed by atoms with van der Waals surface area (Å²) in [5.74, 6) is 0.636. The van der Waals surface area contributed by atoms with Crippen LogP contribution in [0.4, 0.5) is 0 Å². The molecule has 9 heteroatoms. The first-order chi connectivity index (χ1) is 16.6. The van der Waals surface area contributed by atoms with E-state index < -0.39 is 10.0 Å². The van der Waals surface area contributed by atoms with Crippen molar-refractivity contribution in [3.05, 3.63) is 23.3 Å². The fraction of sp³-hybridized carbons (Fsp3) is 0.731. The summed E-state index contributed by atoms with van der Waals surface area (Å²) in [6.45, 7) is 7.89. The Morgan fingerprint density at radius 3 is 2.31 bits per heavy atom. The second-order valence-electron chi connectivity index (χ2n) is 10.7. The summed E-state index contributed by atoms with van der Waals surface area (Å²) in [7, 11) is -0.563. The lowest BCUT2D eigenvalue weighted by molar-refractivity contribution is -0.138. The number of benzene rings is 1. The first-order valence-electron chi connectivity index (χ1n) is 12.9. The highest BCUT2D eigenvalue weighted by Gasteiger charge is 2.43.